The number of ether oxygens (including phenoxy) is 6. The third-order valence-corrected chi connectivity index (χ3v) is 10.8. The summed E-state index contributed by atoms with van der Waals surface area (Å²) in [7, 11) is 0. The molecule has 1 heterocycles. The molecular weight excluding hydrogens is 947 g/mol. The van der Waals surface area contributed by atoms with E-state index in [2.05, 4.69) is 27.5 Å². The molecule has 1 aromatic heterocycles. The number of pyridine rings is 1. The van der Waals surface area contributed by atoms with Gasteiger partial charge in [-0.1, -0.05) is 64.6 Å². The molecule has 1 aliphatic rings. The summed E-state index contributed by atoms with van der Waals surface area (Å²) in [5, 5.41) is 26.6. The van der Waals surface area contributed by atoms with Gasteiger partial charge in [-0.25, -0.2) is 29.0 Å². The molecule has 4 rings (SSSR count). The molecule has 0 unspecified atom stereocenters. The standard InChI is InChI=1S/C53H67N5O15/c1-12-33-22-38(41(60)21-31-15-17-34(18-16-31)39(54)24-42(61)68-27-69-47(63)43(29(2)3)57-50(66)72-52(6,7)8)37(23-35(33)26-59)36-19-20-40(46(62)55-25-32-13-14-32)56-45(36)49(65)71-28-70-48(64)44(30(4)5)58-51(67)73-53(9,10)11/h12,15-20,22-23,29-30,32,43-44,54,59H,1,13-14,21,24-28H2,2-11H3,(H,55,62)(H,57,66)(H,58,67)/t43-,44-/m0/s1. The summed E-state index contributed by atoms with van der Waals surface area (Å²) in [6.45, 7) is 18.7. The van der Waals surface area contributed by atoms with Crippen LogP contribution in [-0.4, -0.2) is 107 Å². The fraction of sp³-hybridized carbons (Fsp3) is 0.472. The average Bonchev–Trinajstić information content (AvgIpc) is 4.14. The van der Waals surface area contributed by atoms with Crippen LogP contribution in [0.5, 0.6) is 0 Å². The average molecular weight is 1010 g/mol. The molecule has 1 fully saturated rings. The summed E-state index contributed by atoms with van der Waals surface area (Å²) >= 11 is 0. The van der Waals surface area contributed by atoms with Crippen LogP contribution in [0.1, 0.15) is 142 Å². The van der Waals surface area contributed by atoms with E-state index >= 15 is 0 Å². The number of carbonyl (C=O) groups is 8. The lowest BCUT2D eigenvalue weighted by atomic mass is 9.89. The molecule has 20 nitrogen and oxygen atoms in total. The highest BCUT2D eigenvalue weighted by molar-refractivity contribution is 6.09. The predicted molar refractivity (Wildman–Crippen MR) is 266 cm³/mol. The summed E-state index contributed by atoms with van der Waals surface area (Å²) in [5.41, 5.74) is -0.498. The Kier molecular flexibility index (Phi) is 20.5. The van der Waals surface area contributed by atoms with Gasteiger partial charge in [-0.2, -0.15) is 0 Å². The van der Waals surface area contributed by atoms with Gasteiger partial charge in [0.25, 0.3) is 5.91 Å². The maximum absolute atomic E-state index is 14.3. The molecule has 0 bridgehead atoms. The molecule has 2 aromatic carbocycles. The first-order chi connectivity index (χ1) is 34.2. The van der Waals surface area contributed by atoms with Crippen molar-refractivity contribution in [3.8, 4) is 11.1 Å². The van der Waals surface area contributed by atoms with Crippen molar-refractivity contribution in [2.24, 2.45) is 17.8 Å². The number of ketones is 1. The van der Waals surface area contributed by atoms with Crippen LogP contribution in [-0.2, 0) is 55.8 Å². The lowest BCUT2D eigenvalue weighted by Crippen LogP contribution is -2.47. The van der Waals surface area contributed by atoms with Crippen molar-refractivity contribution in [1.82, 2.24) is 20.9 Å². The van der Waals surface area contributed by atoms with E-state index in [1.807, 2.05) is 0 Å². The van der Waals surface area contributed by atoms with Gasteiger partial charge in [0, 0.05) is 29.8 Å². The monoisotopic (exact) mass is 1010 g/mol. The summed E-state index contributed by atoms with van der Waals surface area (Å²) in [6.07, 6.45) is 1.00. The predicted octanol–water partition coefficient (Wildman–Crippen LogP) is 7.01. The number of amides is 3. The fourth-order valence-corrected chi connectivity index (χ4v) is 6.86. The first-order valence-electron chi connectivity index (χ1n) is 23.7. The Balaban J connectivity index is 1.53. The van der Waals surface area contributed by atoms with Crippen molar-refractivity contribution in [1.29, 1.82) is 5.41 Å². The number of hydrogen-bond acceptors (Lipinski definition) is 17. The number of hydrogen-bond donors (Lipinski definition) is 5. The number of esters is 4. The lowest BCUT2D eigenvalue weighted by molar-refractivity contribution is -0.168. The van der Waals surface area contributed by atoms with E-state index < -0.39 is 109 Å². The Bertz CT molecular complexity index is 2550. The second-order valence-corrected chi connectivity index (χ2v) is 20.0. The highest BCUT2D eigenvalue weighted by Gasteiger charge is 2.31. The van der Waals surface area contributed by atoms with E-state index in [4.69, 9.17) is 33.8 Å². The van der Waals surface area contributed by atoms with Gasteiger partial charge in [-0.05, 0) is 124 Å². The summed E-state index contributed by atoms with van der Waals surface area (Å²) in [4.78, 5) is 109. The van der Waals surface area contributed by atoms with Crippen molar-refractivity contribution in [3.63, 3.8) is 0 Å². The number of benzene rings is 2. The van der Waals surface area contributed by atoms with Crippen molar-refractivity contribution in [2.45, 2.75) is 125 Å². The largest absolute Gasteiger partial charge is 0.444 e. The quantitative estimate of drug-likeness (QED) is 0.0210. The molecule has 2 atom stereocenters. The molecule has 394 valence electrons. The highest BCUT2D eigenvalue weighted by Crippen LogP contribution is 2.33. The second-order valence-electron chi connectivity index (χ2n) is 20.0. The van der Waals surface area contributed by atoms with Crippen LogP contribution in [0.15, 0.2) is 55.1 Å². The van der Waals surface area contributed by atoms with E-state index in [1.165, 1.54) is 42.5 Å². The van der Waals surface area contributed by atoms with Gasteiger partial charge in [0.2, 0.25) is 13.6 Å². The van der Waals surface area contributed by atoms with Crippen molar-refractivity contribution >= 4 is 59.5 Å². The van der Waals surface area contributed by atoms with E-state index in [1.54, 1.807) is 81.4 Å². The molecule has 73 heavy (non-hydrogen) atoms. The third-order valence-electron chi connectivity index (χ3n) is 10.8. The second kappa shape index (κ2) is 25.8. The maximum Gasteiger partial charge on any atom is 0.408 e. The van der Waals surface area contributed by atoms with Gasteiger partial charge in [-0.15, -0.1) is 0 Å². The SMILES string of the molecule is C=Cc1cc(C(=O)Cc2ccc(C(=N)CC(=O)OCOC(=O)[C@@H](NC(=O)OC(C)(C)C)C(C)C)cc2)c(-c2ccc(C(=O)NCC3CC3)nc2C(=O)OCOC(=O)[C@@H](NC(=O)OC(C)(C)C)C(C)C)cc1CO. The van der Waals surface area contributed by atoms with E-state index in [9.17, 15) is 43.5 Å². The summed E-state index contributed by atoms with van der Waals surface area (Å²) < 4.78 is 31.2. The van der Waals surface area contributed by atoms with Gasteiger partial charge in [-0.3, -0.25) is 14.4 Å². The number of Topliss-reactive ketones (excluding diaryl/α,β-unsaturated/α-hetero) is 1. The zero-order valence-electron chi connectivity index (χ0n) is 43.1. The number of carbonyl (C=O) groups excluding carboxylic acids is 8. The topological polar surface area (TPSA) is 285 Å². The van der Waals surface area contributed by atoms with Gasteiger partial charge in [0.05, 0.1) is 13.0 Å². The van der Waals surface area contributed by atoms with Crippen LogP contribution < -0.4 is 16.0 Å². The zero-order valence-corrected chi connectivity index (χ0v) is 43.1. The van der Waals surface area contributed by atoms with Crippen LogP contribution in [0.25, 0.3) is 17.2 Å². The maximum atomic E-state index is 14.3. The molecule has 0 radical (unpaired) electrons. The molecule has 20 heteroatoms. The van der Waals surface area contributed by atoms with Gasteiger partial charge >= 0.3 is 36.1 Å². The molecule has 1 saturated carbocycles. The molecule has 3 amide bonds. The first-order valence-corrected chi connectivity index (χ1v) is 23.7. The number of aliphatic hydroxyl groups is 1. The smallest absolute Gasteiger partial charge is 0.408 e. The Morgan fingerprint density at radius 2 is 1.32 bits per heavy atom. The molecule has 0 saturated heterocycles. The minimum Gasteiger partial charge on any atom is -0.444 e. The van der Waals surface area contributed by atoms with Crippen molar-refractivity contribution < 1.29 is 71.9 Å². The minimum absolute atomic E-state index is 0.0398. The number of alkyl carbamates (subject to hydrolysis) is 2. The Morgan fingerprint density at radius 3 is 1.81 bits per heavy atom. The number of aliphatic hydroxyl groups excluding tert-OH is 1. The number of nitrogens with zero attached hydrogens (tertiary/aromatic N) is 1. The van der Waals surface area contributed by atoms with Crippen molar-refractivity contribution in [2.75, 3.05) is 20.1 Å². The van der Waals surface area contributed by atoms with Gasteiger partial charge < -0.3 is 54.9 Å². The molecule has 0 spiro atoms. The molecule has 0 aliphatic heterocycles. The Hall–Kier alpha value is -7.48. The van der Waals surface area contributed by atoms with Crippen LogP contribution in [0, 0.1) is 23.2 Å². The van der Waals surface area contributed by atoms with Crippen LogP contribution >= 0.6 is 0 Å². The number of rotatable bonds is 23. The first kappa shape index (κ1) is 58.1. The van der Waals surface area contributed by atoms with E-state index in [-0.39, 0.29) is 40.4 Å². The normalized spacial score (nSPS) is 13.2. The number of aromatic nitrogens is 1. The highest BCUT2D eigenvalue weighted by atomic mass is 16.7. The van der Waals surface area contributed by atoms with Crippen LogP contribution in [0.4, 0.5) is 9.59 Å². The van der Waals surface area contributed by atoms with Crippen molar-refractivity contribution in [3.05, 3.63) is 94.3 Å². The molecule has 3 aromatic rings. The Morgan fingerprint density at radius 1 is 0.767 bits per heavy atom. The van der Waals surface area contributed by atoms with Crippen LogP contribution in [0.3, 0.4) is 0 Å². The zero-order chi connectivity index (χ0) is 54.4. The fourth-order valence-electron chi connectivity index (χ4n) is 6.86. The van der Waals surface area contributed by atoms with Gasteiger partial charge in [0.1, 0.15) is 29.0 Å². The molecule has 1 aliphatic carbocycles. The van der Waals surface area contributed by atoms with E-state index in [0.717, 1.165) is 12.8 Å². The van der Waals surface area contributed by atoms with E-state index in [0.29, 0.717) is 34.7 Å². The molecular formula is C53H67N5O15. The minimum atomic E-state index is -1.17. The third kappa shape index (κ3) is 18.3. The summed E-state index contributed by atoms with van der Waals surface area (Å²) in [5.74, 6) is -5.31. The van der Waals surface area contributed by atoms with Crippen LogP contribution in [0.2, 0.25) is 0 Å². The summed E-state index contributed by atoms with van der Waals surface area (Å²) in [6, 6.07) is 9.78. The van der Waals surface area contributed by atoms with Gasteiger partial charge in [0.15, 0.2) is 11.5 Å². The lowest BCUT2D eigenvalue weighted by Gasteiger charge is -2.24. The Labute approximate surface area is 424 Å². The molecule has 5 N–H and O–H groups in total. The number of nitrogens with one attached hydrogen (secondary N) is 4.